The molecule has 33 heavy (non-hydrogen) atoms. The zero-order valence-electron chi connectivity index (χ0n) is 18.0. The van der Waals surface area contributed by atoms with Crippen molar-refractivity contribution in [3.63, 3.8) is 0 Å². The number of aromatic amines is 1. The smallest absolute Gasteiger partial charge is 0.244 e. The summed E-state index contributed by atoms with van der Waals surface area (Å²) >= 11 is 13.4. The maximum absolute atomic E-state index is 12.8. The summed E-state index contributed by atoms with van der Waals surface area (Å²) in [5.74, 6) is 1.18. The number of ether oxygens (including phenoxy) is 1. The molecular weight excluding hydrogens is 476 g/mol. The number of benzene rings is 3. The van der Waals surface area contributed by atoms with Crippen molar-refractivity contribution in [2.75, 3.05) is 12.4 Å². The van der Waals surface area contributed by atoms with Crippen LogP contribution in [0.25, 0.3) is 11.4 Å². The Kier molecular flexibility index (Phi) is 7.17. The van der Waals surface area contributed by atoms with Crippen molar-refractivity contribution in [1.82, 2.24) is 14.8 Å². The second-order valence-corrected chi connectivity index (χ2v) is 9.19. The van der Waals surface area contributed by atoms with Crippen LogP contribution in [-0.2, 0) is 11.3 Å². The van der Waals surface area contributed by atoms with Crippen LogP contribution in [0, 0.1) is 11.7 Å². The fourth-order valence-corrected chi connectivity index (χ4v) is 4.56. The van der Waals surface area contributed by atoms with Gasteiger partial charge in [-0.3, -0.25) is 14.5 Å². The van der Waals surface area contributed by atoms with Crippen LogP contribution in [0.1, 0.15) is 5.56 Å². The fraction of sp³-hybridized carbons (Fsp3) is 0.125. The van der Waals surface area contributed by atoms with Crippen LogP contribution in [0.3, 0.4) is 0 Å². The highest BCUT2D eigenvalue weighted by Crippen LogP contribution is 2.35. The Hall–Kier alpha value is -3.07. The molecular formula is C24H21ClN4O2S2. The second-order valence-electron chi connectivity index (χ2n) is 7.28. The standard InChI is InChI=1S/C24H21ClN4O2S2/c1-15-4-3-5-16(12-15)23-27-28-24(32)29(23)14-22(30)26-17-6-11-21(20(25)13-17)33-19-9-7-18(31-2)8-10-19/h3-13H,14H2,1-2H3,(H,26,30)(H,28,32). The molecule has 1 aromatic heterocycles. The minimum atomic E-state index is -0.229. The number of H-pyrrole nitrogens is 1. The summed E-state index contributed by atoms with van der Waals surface area (Å²) in [6.07, 6.45) is 0. The Labute approximate surface area is 205 Å². The molecule has 0 atom stereocenters. The first-order valence-corrected chi connectivity index (χ1v) is 11.7. The van der Waals surface area contributed by atoms with Crippen molar-refractivity contribution in [2.45, 2.75) is 23.3 Å². The molecule has 0 aliphatic heterocycles. The molecule has 0 aliphatic carbocycles. The van der Waals surface area contributed by atoms with Crippen LogP contribution >= 0.6 is 35.6 Å². The molecule has 1 heterocycles. The lowest BCUT2D eigenvalue weighted by Gasteiger charge is -2.11. The van der Waals surface area contributed by atoms with Crippen LogP contribution in [-0.4, -0.2) is 27.8 Å². The Balaban J connectivity index is 1.46. The van der Waals surface area contributed by atoms with Crippen LogP contribution in [0.2, 0.25) is 5.02 Å². The highest BCUT2D eigenvalue weighted by Gasteiger charge is 2.13. The number of anilines is 1. The zero-order chi connectivity index (χ0) is 23.4. The normalized spacial score (nSPS) is 10.8. The molecule has 0 fully saturated rings. The topological polar surface area (TPSA) is 71.9 Å². The number of halogens is 1. The molecule has 0 unspecified atom stereocenters. The van der Waals surface area contributed by atoms with E-state index >= 15 is 0 Å². The van der Waals surface area contributed by atoms with E-state index in [0.717, 1.165) is 26.7 Å². The lowest BCUT2D eigenvalue weighted by Crippen LogP contribution is -2.19. The molecule has 6 nitrogen and oxygen atoms in total. The van der Waals surface area contributed by atoms with Gasteiger partial charge in [-0.25, -0.2) is 0 Å². The Morgan fingerprint density at radius 3 is 2.67 bits per heavy atom. The molecule has 4 aromatic rings. The summed E-state index contributed by atoms with van der Waals surface area (Å²) in [5, 5.41) is 10.5. The molecule has 1 amide bonds. The highest BCUT2D eigenvalue weighted by atomic mass is 35.5. The zero-order valence-corrected chi connectivity index (χ0v) is 20.4. The van der Waals surface area contributed by atoms with Gasteiger partial charge in [0.2, 0.25) is 5.91 Å². The van der Waals surface area contributed by atoms with E-state index in [9.17, 15) is 4.79 Å². The highest BCUT2D eigenvalue weighted by molar-refractivity contribution is 7.99. The molecule has 0 saturated carbocycles. The summed E-state index contributed by atoms with van der Waals surface area (Å²) in [4.78, 5) is 14.7. The van der Waals surface area contributed by atoms with Gasteiger partial charge in [-0.2, -0.15) is 5.10 Å². The predicted molar refractivity (Wildman–Crippen MR) is 135 cm³/mol. The van der Waals surface area contributed by atoms with E-state index in [0.29, 0.717) is 21.3 Å². The number of methoxy groups -OCH3 is 1. The van der Waals surface area contributed by atoms with Crippen LogP contribution in [0.5, 0.6) is 5.75 Å². The molecule has 0 bridgehead atoms. The van der Waals surface area contributed by atoms with Crippen molar-refractivity contribution in [1.29, 1.82) is 0 Å². The maximum Gasteiger partial charge on any atom is 0.244 e. The molecule has 0 aliphatic rings. The summed E-state index contributed by atoms with van der Waals surface area (Å²) in [7, 11) is 1.63. The predicted octanol–water partition coefficient (Wildman–Crippen LogP) is 6.37. The summed E-state index contributed by atoms with van der Waals surface area (Å²) in [6, 6.07) is 21.1. The largest absolute Gasteiger partial charge is 0.497 e. The Bertz CT molecular complexity index is 1350. The third kappa shape index (κ3) is 5.65. The molecule has 2 N–H and O–H groups in total. The van der Waals surface area contributed by atoms with Crippen LogP contribution in [0.4, 0.5) is 5.69 Å². The van der Waals surface area contributed by atoms with Gasteiger partial charge in [0.25, 0.3) is 0 Å². The Morgan fingerprint density at radius 2 is 1.97 bits per heavy atom. The lowest BCUT2D eigenvalue weighted by molar-refractivity contribution is -0.116. The summed E-state index contributed by atoms with van der Waals surface area (Å²) < 4.78 is 7.24. The first-order valence-electron chi connectivity index (χ1n) is 10.1. The van der Waals surface area contributed by atoms with E-state index in [-0.39, 0.29) is 12.5 Å². The van der Waals surface area contributed by atoms with Gasteiger partial charge in [-0.05, 0) is 67.7 Å². The van der Waals surface area contributed by atoms with E-state index in [4.69, 9.17) is 28.6 Å². The third-order valence-electron chi connectivity index (χ3n) is 4.84. The number of nitrogens with zero attached hydrogens (tertiary/aromatic N) is 2. The number of aryl methyl sites for hydroxylation is 1. The van der Waals surface area contributed by atoms with Crippen LogP contribution < -0.4 is 10.1 Å². The molecule has 9 heteroatoms. The summed E-state index contributed by atoms with van der Waals surface area (Å²) in [6.45, 7) is 2.03. The van der Waals surface area contributed by atoms with Crippen molar-refractivity contribution in [3.8, 4) is 17.1 Å². The van der Waals surface area contributed by atoms with Crippen molar-refractivity contribution in [2.24, 2.45) is 0 Å². The van der Waals surface area contributed by atoms with Gasteiger partial charge in [-0.15, -0.1) is 0 Å². The number of hydrogen-bond donors (Lipinski definition) is 2. The SMILES string of the molecule is COc1ccc(Sc2ccc(NC(=O)Cn3c(-c4cccc(C)c4)n[nH]c3=S)cc2Cl)cc1. The van der Waals surface area contributed by atoms with Crippen LogP contribution in [0.15, 0.2) is 76.5 Å². The minimum absolute atomic E-state index is 0.0264. The van der Waals surface area contributed by atoms with Crippen molar-refractivity contribution >= 4 is 47.2 Å². The maximum atomic E-state index is 12.8. The number of hydrogen-bond acceptors (Lipinski definition) is 5. The van der Waals surface area contributed by atoms with E-state index in [2.05, 4.69) is 15.5 Å². The van der Waals surface area contributed by atoms with E-state index in [1.807, 2.05) is 67.6 Å². The number of nitrogens with one attached hydrogen (secondary N) is 2. The molecule has 0 spiro atoms. The van der Waals surface area contributed by atoms with Crippen molar-refractivity contribution in [3.05, 3.63) is 82.1 Å². The van der Waals surface area contributed by atoms with Crippen molar-refractivity contribution < 1.29 is 9.53 Å². The number of carbonyl (C=O) groups excluding carboxylic acids is 1. The second kappa shape index (κ2) is 10.2. The average Bonchev–Trinajstić information content (AvgIpc) is 3.16. The van der Waals surface area contributed by atoms with E-state index < -0.39 is 0 Å². The molecule has 3 aromatic carbocycles. The minimum Gasteiger partial charge on any atom is -0.497 e. The molecule has 0 saturated heterocycles. The van der Waals surface area contributed by atoms with Gasteiger partial charge >= 0.3 is 0 Å². The number of aromatic nitrogens is 3. The number of carbonyl (C=O) groups is 1. The lowest BCUT2D eigenvalue weighted by atomic mass is 10.1. The quantitative estimate of drug-likeness (QED) is 0.291. The van der Waals surface area contributed by atoms with Gasteiger partial charge in [0.1, 0.15) is 12.3 Å². The first kappa shape index (κ1) is 23.1. The number of rotatable bonds is 7. The van der Waals surface area contributed by atoms with Gasteiger partial charge in [0.15, 0.2) is 10.6 Å². The molecule has 4 rings (SSSR count). The molecule has 168 valence electrons. The third-order valence-corrected chi connectivity index (χ3v) is 6.66. The first-order chi connectivity index (χ1) is 15.9. The van der Waals surface area contributed by atoms with Gasteiger partial charge in [0.05, 0.1) is 12.1 Å². The van der Waals surface area contributed by atoms with E-state index in [1.54, 1.807) is 17.7 Å². The summed E-state index contributed by atoms with van der Waals surface area (Å²) in [5.41, 5.74) is 2.59. The number of amides is 1. The Morgan fingerprint density at radius 1 is 1.18 bits per heavy atom. The average molecular weight is 497 g/mol. The van der Waals surface area contributed by atoms with Gasteiger partial charge < -0.3 is 10.1 Å². The van der Waals surface area contributed by atoms with Gasteiger partial charge in [0, 0.05) is 21.0 Å². The van der Waals surface area contributed by atoms with E-state index in [1.165, 1.54) is 11.8 Å². The fourth-order valence-electron chi connectivity index (χ4n) is 3.25. The molecule has 0 radical (unpaired) electrons. The van der Waals surface area contributed by atoms with Gasteiger partial charge in [-0.1, -0.05) is 47.1 Å². The monoisotopic (exact) mass is 496 g/mol.